The molecule has 1 heterocycles. The molecule has 3 nitrogen and oxygen atoms in total. The molecular formula is C14H16Cl3NO2. The van der Waals surface area contributed by atoms with Gasteiger partial charge >= 0.3 is 0 Å². The van der Waals surface area contributed by atoms with E-state index < -0.39 is 0 Å². The first-order valence-electron chi connectivity index (χ1n) is 6.06. The summed E-state index contributed by atoms with van der Waals surface area (Å²) < 4.78 is 5.72. The van der Waals surface area contributed by atoms with Crippen molar-refractivity contribution in [2.24, 2.45) is 0 Å². The molecule has 6 heteroatoms. The summed E-state index contributed by atoms with van der Waals surface area (Å²) in [5.74, 6) is 1.56. The van der Waals surface area contributed by atoms with Crippen molar-refractivity contribution in [3.63, 3.8) is 0 Å². The number of rotatable bonds is 6. The van der Waals surface area contributed by atoms with Crippen molar-refractivity contribution in [3.05, 3.63) is 46.1 Å². The van der Waals surface area contributed by atoms with Crippen LogP contribution in [-0.2, 0) is 6.54 Å². The Balaban J connectivity index is 0.00000200. The van der Waals surface area contributed by atoms with Gasteiger partial charge in [0, 0.05) is 17.2 Å². The van der Waals surface area contributed by atoms with Gasteiger partial charge in [-0.3, -0.25) is 0 Å². The Morgan fingerprint density at radius 3 is 2.65 bits per heavy atom. The Morgan fingerprint density at radius 2 is 1.95 bits per heavy atom. The van der Waals surface area contributed by atoms with Crippen LogP contribution in [0.3, 0.4) is 0 Å². The van der Waals surface area contributed by atoms with Crippen LogP contribution in [0.5, 0.6) is 0 Å². The van der Waals surface area contributed by atoms with Crippen LogP contribution < -0.4 is 5.32 Å². The summed E-state index contributed by atoms with van der Waals surface area (Å²) in [7, 11) is 0. The zero-order valence-electron chi connectivity index (χ0n) is 10.7. The van der Waals surface area contributed by atoms with Crippen molar-refractivity contribution in [1.82, 2.24) is 5.32 Å². The van der Waals surface area contributed by atoms with E-state index in [1.165, 1.54) is 0 Å². The fraction of sp³-hybridized carbons (Fsp3) is 0.286. The fourth-order valence-electron chi connectivity index (χ4n) is 1.72. The first-order valence-corrected chi connectivity index (χ1v) is 6.82. The van der Waals surface area contributed by atoms with Crippen molar-refractivity contribution in [3.8, 4) is 11.3 Å². The molecule has 0 fully saturated rings. The van der Waals surface area contributed by atoms with E-state index in [-0.39, 0.29) is 19.0 Å². The average Bonchev–Trinajstić information content (AvgIpc) is 2.83. The minimum atomic E-state index is 0. The van der Waals surface area contributed by atoms with Gasteiger partial charge in [-0.2, -0.15) is 0 Å². The summed E-state index contributed by atoms with van der Waals surface area (Å²) in [6.07, 6.45) is 0.733. The van der Waals surface area contributed by atoms with Gasteiger partial charge in [0.05, 0.1) is 11.6 Å². The maximum atomic E-state index is 8.68. The number of hydrogen-bond donors (Lipinski definition) is 2. The largest absolute Gasteiger partial charge is 0.460 e. The van der Waals surface area contributed by atoms with Crippen molar-refractivity contribution in [2.75, 3.05) is 13.2 Å². The lowest BCUT2D eigenvalue weighted by molar-refractivity contribution is 0.285. The zero-order valence-corrected chi connectivity index (χ0v) is 13.1. The molecule has 0 saturated carbocycles. The van der Waals surface area contributed by atoms with E-state index in [1.54, 1.807) is 12.1 Å². The second kappa shape index (κ2) is 8.55. The van der Waals surface area contributed by atoms with Crippen LogP contribution in [0.4, 0.5) is 0 Å². The lowest BCUT2D eigenvalue weighted by Crippen LogP contribution is -2.15. The summed E-state index contributed by atoms with van der Waals surface area (Å²) in [4.78, 5) is 0. The molecule has 0 saturated heterocycles. The molecular weight excluding hydrogens is 321 g/mol. The third kappa shape index (κ3) is 4.69. The summed E-state index contributed by atoms with van der Waals surface area (Å²) >= 11 is 12.0. The van der Waals surface area contributed by atoms with Crippen molar-refractivity contribution >= 4 is 35.6 Å². The van der Waals surface area contributed by atoms with E-state index in [0.717, 1.165) is 30.0 Å². The standard InChI is InChI=1S/C14H15Cl2NO2.ClH/c15-10-2-4-12(13(16)8-10)14-5-3-11(19-14)9-17-6-1-7-18;/h2-5,8,17-18H,1,6-7,9H2;1H. The van der Waals surface area contributed by atoms with Crippen LogP contribution >= 0.6 is 35.6 Å². The Bertz CT molecular complexity index is 543. The van der Waals surface area contributed by atoms with E-state index in [9.17, 15) is 0 Å². The molecule has 0 bridgehead atoms. The molecule has 110 valence electrons. The Hall–Kier alpha value is -0.710. The SMILES string of the molecule is Cl.OCCCNCc1ccc(-c2ccc(Cl)cc2Cl)o1. The topological polar surface area (TPSA) is 45.4 Å². The molecule has 0 aliphatic rings. The number of furan rings is 1. The molecule has 0 amide bonds. The third-order valence-corrected chi connectivity index (χ3v) is 3.22. The first kappa shape index (κ1) is 17.3. The molecule has 0 unspecified atom stereocenters. The second-order valence-corrected chi connectivity index (χ2v) is 4.99. The lowest BCUT2D eigenvalue weighted by atomic mass is 10.2. The van der Waals surface area contributed by atoms with E-state index in [2.05, 4.69) is 5.32 Å². The Kier molecular flexibility index (Phi) is 7.41. The molecule has 1 aromatic carbocycles. The van der Waals surface area contributed by atoms with E-state index in [1.807, 2.05) is 18.2 Å². The number of aliphatic hydroxyl groups is 1. The first-order chi connectivity index (χ1) is 9.20. The molecule has 0 aliphatic heterocycles. The quantitative estimate of drug-likeness (QED) is 0.779. The van der Waals surface area contributed by atoms with Crippen molar-refractivity contribution in [1.29, 1.82) is 0 Å². The summed E-state index contributed by atoms with van der Waals surface area (Å²) in [6.45, 7) is 1.58. The highest BCUT2D eigenvalue weighted by molar-refractivity contribution is 6.36. The Morgan fingerprint density at radius 1 is 1.15 bits per heavy atom. The monoisotopic (exact) mass is 335 g/mol. The molecule has 0 spiro atoms. The van der Waals surface area contributed by atoms with Gasteiger partial charge in [-0.1, -0.05) is 23.2 Å². The highest BCUT2D eigenvalue weighted by Gasteiger charge is 2.08. The van der Waals surface area contributed by atoms with Crippen LogP contribution in [0.25, 0.3) is 11.3 Å². The minimum absolute atomic E-state index is 0. The molecule has 0 atom stereocenters. The van der Waals surface area contributed by atoms with Crippen molar-refractivity contribution < 1.29 is 9.52 Å². The van der Waals surface area contributed by atoms with Crippen LogP contribution in [-0.4, -0.2) is 18.3 Å². The van der Waals surface area contributed by atoms with Gasteiger partial charge in [-0.15, -0.1) is 12.4 Å². The molecule has 2 aromatic rings. The second-order valence-electron chi connectivity index (χ2n) is 4.14. The number of hydrogen-bond acceptors (Lipinski definition) is 3. The van der Waals surface area contributed by atoms with Gasteiger partial charge in [0.2, 0.25) is 0 Å². The summed E-state index contributed by atoms with van der Waals surface area (Å²) in [5.41, 5.74) is 0.827. The number of benzene rings is 1. The highest BCUT2D eigenvalue weighted by atomic mass is 35.5. The fourth-order valence-corrected chi connectivity index (χ4v) is 2.22. The molecule has 2 N–H and O–H groups in total. The summed E-state index contributed by atoms with van der Waals surface area (Å²) in [5, 5.41) is 13.0. The smallest absolute Gasteiger partial charge is 0.135 e. The third-order valence-electron chi connectivity index (χ3n) is 2.67. The highest BCUT2D eigenvalue weighted by Crippen LogP contribution is 2.31. The molecule has 1 aromatic heterocycles. The minimum Gasteiger partial charge on any atom is -0.460 e. The zero-order chi connectivity index (χ0) is 13.7. The summed E-state index contributed by atoms with van der Waals surface area (Å²) in [6, 6.07) is 9.11. The number of nitrogens with one attached hydrogen (secondary N) is 1. The molecule has 2 rings (SSSR count). The average molecular weight is 337 g/mol. The maximum Gasteiger partial charge on any atom is 0.135 e. The predicted molar refractivity (Wildman–Crippen MR) is 84.8 cm³/mol. The van der Waals surface area contributed by atoms with Gasteiger partial charge < -0.3 is 14.8 Å². The number of halogens is 3. The number of aliphatic hydroxyl groups excluding tert-OH is 1. The van der Waals surface area contributed by atoms with Crippen LogP contribution in [0.15, 0.2) is 34.7 Å². The Labute approximate surface area is 134 Å². The van der Waals surface area contributed by atoms with Gasteiger partial charge in [0.15, 0.2) is 0 Å². The maximum absolute atomic E-state index is 8.68. The van der Waals surface area contributed by atoms with Crippen LogP contribution in [0.1, 0.15) is 12.2 Å². The van der Waals surface area contributed by atoms with Crippen molar-refractivity contribution in [2.45, 2.75) is 13.0 Å². The molecule has 0 radical (unpaired) electrons. The normalized spacial score (nSPS) is 10.3. The van der Waals surface area contributed by atoms with E-state index >= 15 is 0 Å². The van der Waals surface area contributed by atoms with Crippen LogP contribution in [0, 0.1) is 0 Å². The van der Waals surface area contributed by atoms with E-state index in [4.69, 9.17) is 32.7 Å². The predicted octanol–water partition coefficient (Wildman–Crippen LogP) is 4.15. The van der Waals surface area contributed by atoms with Gasteiger partial charge in [-0.25, -0.2) is 0 Å². The van der Waals surface area contributed by atoms with Crippen LogP contribution in [0.2, 0.25) is 10.0 Å². The van der Waals surface area contributed by atoms with E-state index in [0.29, 0.717) is 16.6 Å². The molecule has 0 aliphatic carbocycles. The van der Waals surface area contributed by atoms with Gasteiger partial charge in [0.1, 0.15) is 11.5 Å². The van der Waals surface area contributed by atoms with Gasteiger partial charge in [-0.05, 0) is 43.3 Å². The van der Waals surface area contributed by atoms with Gasteiger partial charge in [0.25, 0.3) is 0 Å². The molecule has 20 heavy (non-hydrogen) atoms. The lowest BCUT2D eigenvalue weighted by Gasteiger charge is -2.02.